The average Bonchev–Trinajstić information content (AvgIpc) is 2.99. The summed E-state index contributed by atoms with van der Waals surface area (Å²) >= 11 is 6.75. The number of carbonyl (C=O) groups excluding carboxylic acids is 1. The molecule has 3 rings (SSSR count). The predicted molar refractivity (Wildman–Crippen MR) is 106 cm³/mol. The molecule has 0 aliphatic heterocycles. The number of halogens is 2. The van der Waals surface area contributed by atoms with Gasteiger partial charge in [-0.25, -0.2) is 5.43 Å². The largest absolute Gasteiger partial charge is 0.507 e. The Labute approximate surface area is 166 Å². The molecule has 1 amide bonds. The Balaban J connectivity index is 1.67. The summed E-state index contributed by atoms with van der Waals surface area (Å²) in [6.45, 7) is 0.542. The summed E-state index contributed by atoms with van der Waals surface area (Å²) in [5.74, 6) is -0.358. The van der Waals surface area contributed by atoms with Crippen molar-refractivity contribution in [2.75, 3.05) is 0 Å². The maximum Gasteiger partial charge on any atom is 0.293 e. The second kappa shape index (κ2) is 8.29. The van der Waals surface area contributed by atoms with E-state index in [0.29, 0.717) is 16.6 Å². The lowest BCUT2D eigenvalue weighted by Gasteiger charge is -2.02. The number of nitrogens with one attached hydrogen (secondary N) is 1. The van der Waals surface area contributed by atoms with Crippen LogP contribution in [-0.4, -0.2) is 27.0 Å². The second-order valence-corrected chi connectivity index (χ2v) is 7.18. The van der Waals surface area contributed by atoms with Crippen LogP contribution in [0.1, 0.15) is 21.6 Å². The number of rotatable bonds is 5. The number of carbonyl (C=O) groups is 1. The van der Waals surface area contributed by atoms with Crippen LogP contribution in [0.2, 0.25) is 0 Å². The molecule has 0 saturated heterocycles. The quantitative estimate of drug-likeness (QED) is 0.431. The Morgan fingerprint density at radius 2 is 1.92 bits per heavy atom. The first-order valence-corrected chi connectivity index (χ1v) is 9.20. The fraction of sp³-hybridized carbons (Fsp3) is 0.0556. The molecule has 0 aliphatic carbocycles. The van der Waals surface area contributed by atoms with E-state index in [4.69, 9.17) is 0 Å². The number of nitrogens with zero attached hydrogens (tertiary/aromatic N) is 3. The number of aromatic nitrogens is 2. The molecule has 0 spiro atoms. The highest BCUT2D eigenvalue weighted by atomic mass is 79.9. The molecule has 8 heteroatoms. The van der Waals surface area contributed by atoms with Gasteiger partial charge >= 0.3 is 0 Å². The van der Waals surface area contributed by atoms with E-state index in [-0.39, 0.29) is 11.4 Å². The number of hydrazone groups is 1. The lowest BCUT2D eigenvalue weighted by atomic mass is 10.2. The Hall–Kier alpha value is -2.45. The van der Waals surface area contributed by atoms with Gasteiger partial charge in [0.25, 0.3) is 5.91 Å². The van der Waals surface area contributed by atoms with Gasteiger partial charge in [0.15, 0.2) is 5.69 Å². The van der Waals surface area contributed by atoms with Crippen molar-refractivity contribution in [1.29, 1.82) is 0 Å². The molecule has 0 unspecified atom stereocenters. The van der Waals surface area contributed by atoms with E-state index in [1.807, 2.05) is 24.3 Å². The van der Waals surface area contributed by atoms with Crippen LogP contribution < -0.4 is 5.43 Å². The molecule has 3 aromatic rings. The van der Waals surface area contributed by atoms with Gasteiger partial charge in [-0.3, -0.25) is 9.48 Å². The van der Waals surface area contributed by atoms with Gasteiger partial charge in [-0.15, -0.1) is 0 Å². The Morgan fingerprint density at radius 1 is 1.19 bits per heavy atom. The smallest absolute Gasteiger partial charge is 0.293 e. The summed E-state index contributed by atoms with van der Waals surface area (Å²) < 4.78 is 3.25. The zero-order chi connectivity index (χ0) is 18.5. The summed E-state index contributed by atoms with van der Waals surface area (Å²) in [5.41, 5.74) is 4.21. The number of amides is 1. The van der Waals surface area contributed by atoms with Gasteiger partial charge in [0.1, 0.15) is 5.75 Å². The average molecular weight is 478 g/mol. The first-order chi connectivity index (χ1) is 12.5. The van der Waals surface area contributed by atoms with Crippen LogP contribution in [0, 0.1) is 0 Å². The number of phenolic OH excluding ortho intramolecular Hbond substituents is 1. The molecule has 0 fully saturated rings. The molecule has 1 aromatic heterocycles. The fourth-order valence-electron chi connectivity index (χ4n) is 2.22. The normalized spacial score (nSPS) is 11.0. The van der Waals surface area contributed by atoms with E-state index in [1.165, 1.54) is 6.21 Å². The molecule has 0 radical (unpaired) electrons. The maximum absolute atomic E-state index is 12.3. The van der Waals surface area contributed by atoms with Crippen LogP contribution >= 0.6 is 31.9 Å². The number of hydrogen-bond acceptors (Lipinski definition) is 4. The molecular formula is C18H14Br2N4O2. The first kappa shape index (κ1) is 18.3. The molecule has 26 heavy (non-hydrogen) atoms. The molecule has 2 N–H and O–H groups in total. The van der Waals surface area contributed by atoms with Crippen molar-refractivity contribution < 1.29 is 9.90 Å². The molecule has 0 aliphatic rings. The summed E-state index contributed by atoms with van der Waals surface area (Å²) in [6.07, 6.45) is 3.11. The van der Waals surface area contributed by atoms with E-state index in [9.17, 15) is 9.90 Å². The van der Waals surface area contributed by atoms with Crippen LogP contribution in [0.3, 0.4) is 0 Å². The minimum atomic E-state index is -0.446. The lowest BCUT2D eigenvalue weighted by Crippen LogP contribution is -2.19. The second-order valence-electron chi connectivity index (χ2n) is 5.41. The standard InChI is InChI=1S/C18H14Br2N4O2/c19-14-7-5-12(6-8-14)10-24-11-15(20)17(23-24)18(26)22-21-9-13-3-1-2-4-16(13)25/h1-9,11,25H,10H2,(H,22,26). The number of benzene rings is 2. The third-order valence-corrected chi connectivity index (χ3v) is 4.61. The van der Waals surface area contributed by atoms with E-state index >= 15 is 0 Å². The highest BCUT2D eigenvalue weighted by molar-refractivity contribution is 9.10. The van der Waals surface area contributed by atoms with Gasteiger partial charge in [-0.05, 0) is 45.8 Å². The molecule has 6 nitrogen and oxygen atoms in total. The van der Waals surface area contributed by atoms with E-state index in [0.717, 1.165) is 10.0 Å². The highest BCUT2D eigenvalue weighted by Gasteiger charge is 2.15. The Morgan fingerprint density at radius 3 is 2.65 bits per heavy atom. The zero-order valence-electron chi connectivity index (χ0n) is 13.4. The van der Waals surface area contributed by atoms with Crippen LogP contribution in [-0.2, 0) is 6.54 Å². The minimum Gasteiger partial charge on any atom is -0.507 e. The van der Waals surface area contributed by atoms with Crippen molar-refractivity contribution in [3.63, 3.8) is 0 Å². The molecular weight excluding hydrogens is 464 g/mol. The summed E-state index contributed by atoms with van der Waals surface area (Å²) in [6, 6.07) is 14.6. The topological polar surface area (TPSA) is 79.5 Å². The SMILES string of the molecule is O=C(NN=Cc1ccccc1O)c1nn(Cc2ccc(Br)cc2)cc1Br. The highest BCUT2D eigenvalue weighted by Crippen LogP contribution is 2.17. The van der Waals surface area contributed by atoms with Gasteiger partial charge in [0.2, 0.25) is 0 Å². The summed E-state index contributed by atoms with van der Waals surface area (Å²) in [7, 11) is 0. The fourth-order valence-corrected chi connectivity index (χ4v) is 2.98. The molecule has 0 bridgehead atoms. The van der Waals surface area contributed by atoms with Gasteiger partial charge in [-0.2, -0.15) is 10.2 Å². The van der Waals surface area contributed by atoms with Gasteiger partial charge < -0.3 is 5.11 Å². The van der Waals surface area contributed by atoms with Crippen molar-refractivity contribution in [3.8, 4) is 5.75 Å². The van der Waals surface area contributed by atoms with Crippen LogP contribution in [0.15, 0.2) is 68.8 Å². The monoisotopic (exact) mass is 476 g/mol. The first-order valence-electron chi connectivity index (χ1n) is 7.62. The number of para-hydroxylation sites is 1. The van der Waals surface area contributed by atoms with Crippen molar-refractivity contribution in [2.24, 2.45) is 5.10 Å². The van der Waals surface area contributed by atoms with Crippen molar-refractivity contribution >= 4 is 44.0 Å². The lowest BCUT2D eigenvalue weighted by molar-refractivity contribution is 0.0948. The zero-order valence-corrected chi connectivity index (χ0v) is 16.6. The number of hydrogen-bond donors (Lipinski definition) is 2. The Kier molecular flexibility index (Phi) is 5.85. The van der Waals surface area contributed by atoms with Crippen molar-refractivity contribution in [1.82, 2.24) is 15.2 Å². The van der Waals surface area contributed by atoms with Gasteiger partial charge in [-0.1, -0.05) is 40.2 Å². The number of phenols is 1. The predicted octanol–water partition coefficient (Wildman–Crippen LogP) is 3.93. The van der Waals surface area contributed by atoms with Gasteiger partial charge in [0.05, 0.1) is 17.2 Å². The molecule has 0 atom stereocenters. The van der Waals surface area contributed by atoms with Crippen LogP contribution in [0.5, 0.6) is 5.75 Å². The van der Waals surface area contributed by atoms with E-state index < -0.39 is 5.91 Å². The summed E-state index contributed by atoms with van der Waals surface area (Å²) in [4.78, 5) is 12.3. The third kappa shape index (κ3) is 4.59. The Bertz CT molecular complexity index is 952. The molecule has 132 valence electrons. The third-order valence-electron chi connectivity index (χ3n) is 3.50. The molecule has 0 saturated carbocycles. The molecule has 1 heterocycles. The van der Waals surface area contributed by atoms with Crippen molar-refractivity contribution in [3.05, 3.63) is 80.5 Å². The van der Waals surface area contributed by atoms with Crippen LogP contribution in [0.25, 0.3) is 0 Å². The number of aromatic hydroxyl groups is 1. The van der Waals surface area contributed by atoms with Crippen LogP contribution in [0.4, 0.5) is 0 Å². The molecule has 2 aromatic carbocycles. The summed E-state index contributed by atoms with van der Waals surface area (Å²) in [5, 5.41) is 17.8. The minimum absolute atomic E-state index is 0.0884. The van der Waals surface area contributed by atoms with Gasteiger partial charge in [0, 0.05) is 16.2 Å². The van der Waals surface area contributed by atoms with E-state index in [2.05, 4.69) is 47.5 Å². The van der Waals surface area contributed by atoms with E-state index in [1.54, 1.807) is 35.1 Å². The van der Waals surface area contributed by atoms with Crippen molar-refractivity contribution in [2.45, 2.75) is 6.54 Å². The maximum atomic E-state index is 12.3.